The zero-order valence-corrected chi connectivity index (χ0v) is 6.28. The van der Waals surface area contributed by atoms with E-state index in [-0.39, 0.29) is 0 Å². The molecule has 0 aromatic heterocycles. The lowest BCUT2D eigenvalue weighted by Crippen LogP contribution is -2.14. The van der Waals surface area contributed by atoms with Crippen LogP contribution in [0.2, 0.25) is 0 Å². The van der Waals surface area contributed by atoms with E-state index in [1.54, 1.807) is 10.5 Å². The quantitative estimate of drug-likeness (QED) is 0.467. The predicted molar refractivity (Wildman–Crippen MR) is 39.5 cm³/mol. The number of hydrogen-bond acceptors (Lipinski definition) is 3. The summed E-state index contributed by atoms with van der Waals surface area (Å²) in [6.45, 7) is 1.000. The van der Waals surface area contributed by atoms with Crippen LogP contribution in [0.15, 0.2) is 0 Å². The molecule has 10 heavy (non-hydrogen) atoms. The van der Waals surface area contributed by atoms with Crippen molar-refractivity contribution in [3.63, 3.8) is 0 Å². The highest BCUT2D eigenvalue weighted by atomic mass is 32.2. The molecule has 0 spiro atoms. The summed E-state index contributed by atoms with van der Waals surface area (Å²) in [6.07, 6.45) is 0. The van der Waals surface area contributed by atoms with Crippen LogP contribution in [0.1, 0.15) is 0 Å². The van der Waals surface area contributed by atoms with Gasteiger partial charge in [-0.1, -0.05) is 0 Å². The van der Waals surface area contributed by atoms with Gasteiger partial charge in [-0.3, -0.25) is 0 Å². The Bertz CT molecular complexity index is 243. The SMILES string of the molecule is O=C=S1(=C=O)CCOCC1. The smallest absolute Gasteiger partial charge is 0.160 e. The van der Waals surface area contributed by atoms with Crippen LogP contribution in [-0.2, 0) is 14.3 Å². The van der Waals surface area contributed by atoms with Crippen molar-refractivity contribution in [2.24, 2.45) is 0 Å². The van der Waals surface area contributed by atoms with E-state index < -0.39 is 9.21 Å². The lowest BCUT2D eigenvalue weighted by atomic mass is 10.8. The fraction of sp³-hybridized carbons (Fsp3) is 0.667. The van der Waals surface area contributed by atoms with Gasteiger partial charge in [-0.05, 0) is 9.21 Å². The molecule has 1 heterocycles. The molecule has 4 heteroatoms. The second-order valence-corrected chi connectivity index (χ2v) is 4.99. The van der Waals surface area contributed by atoms with Gasteiger partial charge >= 0.3 is 0 Å². The molecule has 3 nitrogen and oxygen atoms in total. The Morgan fingerprint density at radius 2 is 1.60 bits per heavy atom. The molecule has 0 atom stereocenters. The minimum Gasteiger partial charge on any atom is -0.380 e. The summed E-state index contributed by atoms with van der Waals surface area (Å²) < 4.78 is 4.99. The summed E-state index contributed by atoms with van der Waals surface area (Å²) in [6, 6.07) is 0. The van der Waals surface area contributed by atoms with E-state index in [1.807, 2.05) is 0 Å². The van der Waals surface area contributed by atoms with Crippen molar-refractivity contribution in [3.8, 4) is 0 Å². The van der Waals surface area contributed by atoms with Crippen LogP contribution in [0, 0.1) is 0 Å². The second kappa shape index (κ2) is 3.04. The molecule has 1 rings (SSSR count). The maximum Gasteiger partial charge on any atom is 0.160 e. The van der Waals surface area contributed by atoms with Crippen molar-refractivity contribution in [2.75, 3.05) is 24.7 Å². The Labute approximate surface area is 59.5 Å². The monoisotopic (exact) mass is 160 g/mol. The fourth-order valence-corrected chi connectivity index (χ4v) is 2.17. The van der Waals surface area contributed by atoms with Crippen molar-refractivity contribution in [1.29, 1.82) is 0 Å². The largest absolute Gasteiger partial charge is 0.380 e. The summed E-state index contributed by atoms with van der Waals surface area (Å²) in [7, 11) is -1.81. The molecule has 0 aromatic rings. The summed E-state index contributed by atoms with van der Waals surface area (Å²) >= 11 is 0. The Hall–Kier alpha value is -0.530. The minimum atomic E-state index is -1.81. The number of ether oxygens (including phenoxy) is 1. The molecule has 56 valence electrons. The number of carbonyl (C=O) groups excluding carboxylic acids is 2. The van der Waals surface area contributed by atoms with Crippen molar-refractivity contribution in [1.82, 2.24) is 0 Å². The van der Waals surface area contributed by atoms with Crippen LogP contribution in [0.5, 0.6) is 0 Å². The second-order valence-electron chi connectivity index (χ2n) is 2.07. The first-order valence-electron chi connectivity index (χ1n) is 2.97. The van der Waals surface area contributed by atoms with Crippen LogP contribution in [0.25, 0.3) is 0 Å². The normalized spacial score (nSPS) is 22.8. The highest BCUT2D eigenvalue weighted by Gasteiger charge is 2.11. The molecule has 0 aromatic carbocycles. The highest BCUT2D eigenvalue weighted by molar-refractivity contribution is 8.28. The van der Waals surface area contributed by atoms with Gasteiger partial charge < -0.3 is 4.74 Å². The van der Waals surface area contributed by atoms with E-state index in [9.17, 15) is 9.59 Å². The molecule has 1 aliphatic heterocycles. The van der Waals surface area contributed by atoms with Crippen LogP contribution >= 0.6 is 9.21 Å². The Morgan fingerprint density at radius 3 is 1.90 bits per heavy atom. The molecule has 1 saturated heterocycles. The van der Waals surface area contributed by atoms with Crippen molar-refractivity contribution in [3.05, 3.63) is 0 Å². The summed E-state index contributed by atoms with van der Waals surface area (Å²) in [5.74, 6) is 1.03. The molecule has 0 saturated carbocycles. The third-order valence-electron chi connectivity index (χ3n) is 1.47. The van der Waals surface area contributed by atoms with Gasteiger partial charge in [0.25, 0.3) is 0 Å². The molecule has 0 unspecified atom stereocenters. The van der Waals surface area contributed by atoms with Crippen LogP contribution in [-0.4, -0.2) is 35.2 Å². The standard InChI is InChI=1S/C6H8O3S/c7-5-10(6-8)3-1-9-2-4-10/h1-4H2. The molecule has 1 aliphatic rings. The molecule has 0 aliphatic carbocycles. The van der Waals surface area contributed by atoms with Crippen LogP contribution in [0.4, 0.5) is 0 Å². The van der Waals surface area contributed by atoms with Crippen molar-refractivity contribution < 1.29 is 14.3 Å². The summed E-state index contributed by atoms with van der Waals surface area (Å²) in [5.41, 5.74) is 0. The van der Waals surface area contributed by atoms with E-state index in [0.717, 1.165) is 0 Å². The first kappa shape index (κ1) is 7.58. The van der Waals surface area contributed by atoms with Crippen LogP contribution < -0.4 is 0 Å². The predicted octanol–water partition coefficient (Wildman–Crippen LogP) is -0.0444. The Kier molecular flexibility index (Phi) is 2.30. The topological polar surface area (TPSA) is 43.4 Å². The van der Waals surface area contributed by atoms with Crippen LogP contribution in [0.3, 0.4) is 0 Å². The minimum absolute atomic E-state index is 0.500. The summed E-state index contributed by atoms with van der Waals surface area (Å²) in [4.78, 5) is 20.6. The van der Waals surface area contributed by atoms with Gasteiger partial charge in [-0.2, -0.15) is 0 Å². The third-order valence-corrected chi connectivity index (χ3v) is 3.84. The average molecular weight is 160 g/mol. The van der Waals surface area contributed by atoms with E-state index in [2.05, 4.69) is 0 Å². The maximum atomic E-state index is 10.3. The van der Waals surface area contributed by atoms with E-state index in [1.165, 1.54) is 0 Å². The molecule has 0 N–H and O–H groups in total. The van der Waals surface area contributed by atoms with Gasteiger partial charge in [0.2, 0.25) is 0 Å². The van der Waals surface area contributed by atoms with Crippen molar-refractivity contribution >= 4 is 19.7 Å². The average Bonchev–Trinajstić information content (AvgIpc) is 2.06. The van der Waals surface area contributed by atoms with E-state index in [0.29, 0.717) is 24.7 Å². The summed E-state index contributed by atoms with van der Waals surface area (Å²) in [5, 5.41) is 3.59. The molecule has 1 fully saturated rings. The van der Waals surface area contributed by atoms with Gasteiger partial charge in [-0.25, -0.2) is 9.59 Å². The zero-order valence-electron chi connectivity index (χ0n) is 5.46. The maximum absolute atomic E-state index is 10.3. The number of rotatable bonds is 0. The fourth-order valence-electron chi connectivity index (χ4n) is 0.790. The van der Waals surface area contributed by atoms with Gasteiger partial charge in [0.1, 0.15) is 0 Å². The number of hydrogen-bond donors (Lipinski definition) is 0. The first-order chi connectivity index (χ1) is 4.83. The zero-order chi connectivity index (χ0) is 7.45. The van der Waals surface area contributed by atoms with Gasteiger partial charge in [0.05, 0.1) is 13.2 Å². The third kappa shape index (κ3) is 1.31. The molecular formula is C6H8O3S. The molecule has 0 amide bonds. The van der Waals surface area contributed by atoms with Gasteiger partial charge in [0.15, 0.2) is 10.5 Å². The van der Waals surface area contributed by atoms with Gasteiger partial charge in [0, 0.05) is 11.5 Å². The lowest BCUT2D eigenvalue weighted by molar-refractivity contribution is 0.160. The van der Waals surface area contributed by atoms with Crippen molar-refractivity contribution in [2.45, 2.75) is 0 Å². The molecule has 0 bridgehead atoms. The van der Waals surface area contributed by atoms with Gasteiger partial charge in [-0.15, -0.1) is 0 Å². The Morgan fingerprint density at radius 1 is 1.10 bits per heavy atom. The Balaban J connectivity index is 3.07. The lowest BCUT2D eigenvalue weighted by Gasteiger charge is -2.15. The molecular weight excluding hydrogens is 152 g/mol. The van der Waals surface area contributed by atoms with E-state index in [4.69, 9.17) is 4.74 Å². The highest BCUT2D eigenvalue weighted by Crippen LogP contribution is 2.22. The first-order valence-corrected chi connectivity index (χ1v) is 4.94. The molecule has 0 radical (unpaired) electrons. The van der Waals surface area contributed by atoms with E-state index >= 15 is 0 Å².